The molecule has 1 aliphatic heterocycles. The first-order valence-electron chi connectivity index (χ1n) is 11.8. The average molecular weight is 518 g/mol. The SMILES string of the molecule is COC(=O)C[C@H]1c2ccccc2[C@@H](c2c(O)ccc3cc(OC)ccc23)N1S(=O)(=O)c1ccc(C)cc1. The summed E-state index contributed by atoms with van der Waals surface area (Å²) in [7, 11) is -1.28. The van der Waals surface area contributed by atoms with E-state index in [1.54, 1.807) is 49.6 Å². The van der Waals surface area contributed by atoms with Crippen molar-refractivity contribution in [3.63, 3.8) is 0 Å². The number of hydrogen-bond acceptors (Lipinski definition) is 6. The fraction of sp³-hybridized carbons (Fsp3) is 0.207. The summed E-state index contributed by atoms with van der Waals surface area (Å²) in [6.07, 6.45) is -0.172. The third-order valence-corrected chi connectivity index (χ3v) is 8.80. The fourth-order valence-electron chi connectivity index (χ4n) is 5.11. The van der Waals surface area contributed by atoms with E-state index in [9.17, 15) is 18.3 Å². The van der Waals surface area contributed by atoms with Crippen LogP contribution in [0, 0.1) is 6.92 Å². The molecule has 1 heterocycles. The normalized spacial score (nSPS) is 17.5. The maximum atomic E-state index is 14.3. The summed E-state index contributed by atoms with van der Waals surface area (Å²) >= 11 is 0. The minimum absolute atomic E-state index is 0.0414. The molecular weight excluding hydrogens is 490 g/mol. The Morgan fingerprint density at radius 2 is 1.65 bits per heavy atom. The molecule has 0 unspecified atom stereocenters. The van der Waals surface area contributed by atoms with Crippen LogP contribution in [0.1, 0.15) is 40.8 Å². The molecule has 0 saturated carbocycles. The highest BCUT2D eigenvalue weighted by atomic mass is 32.2. The van der Waals surface area contributed by atoms with Gasteiger partial charge in [0.15, 0.2) is 0 Å². The number of hydrogen-bond donors (Lipinski definition) is 1. The van der Waals surface area contributed by atoms with Crippen molar-refractivity contribution in [2.24, 2.45) is 0 Å². The molecule has 0 saturated heterocycles. The van der Waals surface area contributed by atoms with Crippen LogP contribution in [0.4, 0.5) is 0 Å². The van der Waals surface area contributed by atoms with Gasteiger partial charge in [-0.1, -0.05) is 54.1 Å². The first-order chi connectivity index (χ1) is 17.8. The van der Waals surface area contributed by atoms with Crippen LogP contribution in [-0.4, -0.2) is 38.0 Å². The Balaban J connectivity index is 1.81. The van der Waals surface area contributed by atoms with Gasteiger partial charge in [0.1, 0.15) is 11.5 Å². The zero-order valence-corrected chi connectivity index (χ0v) is 21.5. The van der Waals surface area contributed by atoms with Crippen LogP contribution >= 0.6 is 0 Å². The smallest absolute Gasteiger partial charge is 0.307 e. The van der Waals surface area contributed by atoms with Gasteiger partial charge in [-0.15, -0.1) is 0 Å². The van der Waals surface area contributed by atoms with E-state index < -0.39 is 28.1 Å². The number of phenolic OH excluding ortho intramolecular Hbond substituents is 1. The van der Waals surface area contributed by atoms with Gasteiger partial charge in [0, 0.05) is 5.56 Å². The van der Waals surface area contributed by atoms with Gasteiger partial charge in [-0.25, -0.2) is 8.42 Å². The molecule has 8 heteroatoms. The highest BCUT2D eigenvalue weighted by molar-refractivity contribution is 7.89. The van der Waals surface area contributed by atoms with Crippen LogP contribution in [-0.2, 0) is 19.6 Å². The predicted molar refractivity (Wildman–Crippen MR) is 140 cm³/mol. The Morgan fingerprint density at radius 3 is 2.32 bits per heavy atom. The van der Waals surface area contributed by atoms with Crippen LogP contribution < -0.4 is 4.74 Å². The number of aryl methyl sites for hydroxylation is 1. The van der Waals surface area contributed by atoms with Crippen molar-refractivity contribution in [1.82, 2.24) is 4.31 Å². The minimum atomic E-state index is -4.13. The number of benzene rings is 4. The van der Waals surface area contributed by atoms with Gasteiger partial charge in [-0.05, 0) is 59.2 Å². The van der Waals surface area contributed by atoms with Crippen LogP contribution in [0.15, 0.2) is 83.8 Å². The maximum absolute atomic E-state index is 14.3. The largest absolute Gasteiger partial charge is 0.508 e. The van der Waals surface area contributed by atoms with Crippen LogP contribution in [0.25, 0.3) is 10.8 Å². The lowest BCUT2D eigenvalue weighted by atomic mass is 9.92. The van der Waals surface area contributed by atoms with Crippen LogP contribution in [0.2, 0.25) is 0 Å². The summed E-state index contributed by atoms with van der Waals surface area (Å²) in [5.41, 5.74) is 2.76. The lowest BCUT2D eigenvalue weighted by molar-refractivity contribution is -0.141. The summed E-state index contributed by atoms with van der Waals surface area (Å²) in [5.74, 6) is 0.0698. The van der Waals surface area contributed by atoms with E-state index in [1.807, 2.05) is 43.3 Å². The van der Waals surface area contributed by atoms with Crippen LogP contribution in [0.5, 0.6) is 11.5 Å². The van der Waals surface area contributed by atoms with Crippen molar-refractivity contribution < 1.29 is 27.8 Å². The molecule has 1 N–H and O–H groups in total. The number of methoxy groups -OCH3 is 2. The number of nitrogens with zero attached hydrogens (tertiary/aromatic N) is 1. The zero-order valence-electron chi connectivity index (χ0n) is 20.7. The van der Waals surface area contributed by atoms with Crippen molar-refractivity contribution in [1.29, 1.82) is 0 Å². The van der Waals surface area contributed by atoms with E-state index in [0.29, 0.717) is 27.8 Å². The monoisotopic (exact) mass is 517 g/mol. The average Bonchev–Trinajstić information content (AvgIpc) is 3.22. The number of carbonyl (C=O) groups excluding carboxylic acids is 1. The first-order valence-corrected chi connectivity index (χ1v) is 13.3. The lowest BCUT2D eigenvalue weighted by Crippen LogP contribution is -2.35. The molecule has 0 spiro atoms. The van der Waals surface area contributed by atoms with E-state index in [-0.39, 0.29) is 17.1 Å². The quantitative estimate of drug-likeness (QED) is 0.351. The molecule has 0 aromatic heterocycles. The Labute approximate surface area is 215 Å². The second-order valence-corrected chi connectivity index (χ2v) is 10.9. The van der Waals surface area contributed by atoms with Gasteiger partial charge in [0.25, 0.3) is 0 Å². The number of phenols is 1. The van der Waals surface area contributed by atoms with E-state index in [2.05, 4.69) is 0 Å². The van der Waals surface area contributed by atoms with Gasteiger partial charge in [-0.2, -0.15) is 4.31 Å². The number of esters is 1. The number of fused-ring (bicyclic) bond motifs is 2. The summed E-state index contributed by atoms with van der Waals surface area (Å²) in [6.45, 7) is 1.88. The second-order valence-electron chi connectivity index (χ2n) is 9.06. The number of rotatable bonds is 6. The molecule has 7 nitrogen and oxygen atoms in total. The molecule has 0 aliphatic carbocycles. The van der Waals surface area contributed by atoms with Crippen molar-refractivity contribution in [2.45, 2.75) is 30.3 Å². The molecule has 5 rings (SSSR count). The summed E-state index contributed by atoms with van der Waals surface area (Å²) in [4.78, 5) is 12.6. The van der Waals surface area contributed by atoms with Gasteiger partial charge in [0.2, 0.25) is 10.0 Å². The van der Waals surface area contributed by atoms with Gasteiger partial charge < -0.3 is 14.6 Å². The first kappa shape index (κ1) is 24.8. The van der Waals surface area contributed by atoms with Gasteiger partial charge >= 0.3 is 5.97 Å². The van der Waals surface area contributed by atoms with Gasteiger partial charge in [0.05, 0.1) is 37.6 Å². The van der Waals surface area contributed by atoms with Crippen LogP contribution in [0.3, 0.4) is 0 Å². The van der Waals surface area contributed by atoms with Crippen molar-refractivity contribution in [3.8, 4) is 11.5 Å². The van der Waals surface area contributed by atoms with Crippen molar-refractivity contribution in [2.75, 3.05) is 14.2 Å². The molecule has 0 amide bonds. The standard InChI is InChI=1S/C29H27NO6S/c1-18-8-12-21(13-9-18)37(33,34)30-25(17-27(32)36-3)23-6-4-5-7-24(23)29(30)28-22-14-11-20(35-2)16-19(22)10-15-26(28)31/h4-16,25,29,31H,17H2,1-3H3/t25-,29-/m0/s1. The Morgan fingerprint density at radius 1 is 0.946 bits per heavy atom. The number of ether oxygens (including phenoxy) is 2. The maximum Gasteiger partial charge on any atom is 0.307 e. The van der Waals surface area contributed by atoms with E-state index in [0.717, 1.165) is 10.9 Å². The number of sulfonamides is 1. The number of aromatic hydroxyl groups is 1. The molecule has 2 atom stereocenters. The third-order valence-electron chi connectivity index (χ3n) is 6.91. The molecule has 37 heavy (non-hydrogen) atoms. The molecular formula is C29H27NO6S. The van der Waals surface area contributed by atoms with E-state index in [1.165, 1.54) is 11.4 Å². The molecule has 190 valence electrons. The molecule has 0 radical (unpaired) electrons. The minimum Gasteiger partial charge on any atom is -0.508 e. The predicted octanol–water partition coefficient (Wildman–Crippen LogP) is 5.26. The summed E-state index contributed by atoms with van der Waals surface area (Å²) < 4.78 is 40.3. The molecule has 0 bridgehead atoms. The summed E-state index contributed by atoms with van der Waals surface area (Å²) in [5, 5.41) is 12.7. The Hall–Kier alpha value is -3.88. The molecule has 4 aromatic carbocycles. The second kappa shape index (κ2) is 9.53. The zero-order chi connectivity index (χ0) is 26.3. The van der Waals surface area contributed by atoms with E-state index in [4.69, 9.17) is 9.47 Å². The van der Waals surface area contributed by atoms with Gasteiger partial charge in [-0.3, -0.25) is 4.79 Å². The topological polar surface area (TPSA) is 93.1 Å². The Kier molecular flexibility index (Phi) is 6.39. The third kappa shape index (κ3) is 4.22. The van der Waals surface area contributed by atoms with Crippen molar-refractivity contribution in [3.05, 3.63) is 101 Å². The fourth-order valence-corrected chi connectivity index (χ4v) is 6.86. The number of carbonyl (C=O) groups is 1. The molecule has 4 aromatic rings. The summed E-state index contributed by atoms with van der Waals surface area (Å²) in [6, 6.07) is 21.0. The van der Waals surface area contributed by atoms with Crippen molar-refractivity contribution >= 4 is 26.8 Å². The highest BCUT2D eigenvalue weighted by Crippen LogP contribution is 2.53. The lowest BCUT2D eigenvalue weighted by Gasteiger charge is -2.31. The molecule has 0 fully saturated rings. The van der Waals surface area contributed by atoms with E-state index >= 15 is 0 Å². The molecule has 1 aliphatic rings. The Bertz CT molecular complexity index is 1600. The highest BCUT2D eigenvalue weighted by Gasteiger charge is 2.48.